The van der Waals surface area contributed by atoms with Crippen molar-refractivity contribution in [1.29, 1.82) is 0 Å². The molecule has 0 N–H and O–H groups in total. The molecule has 0 aromatic heterocycles. The van der Waals surface area contributed by atoms with Crippen LogP contribution in [0.25, 0.3) is 0 Å². The molecule has 1 amide bonds. The molecule has 1 aliphatic rings. The van der Waals surface area contributed by atoms with Gasteiger partial charge < -0.3 is 19.1 Å². The number of amides is 1. The minimum atomic E-state index is -2.91. The second-order valence-electron chi connectivity index (χ2n) is 7.37. The number of alkyl halides is 2. The molecule has 1 heterocycles. The number of halogens is 2. The number of carbonyl (C=O) groups is 1. The van der Waals surface area contributed by atoms with E-state index >= 15 is 0 Å². The summed E-state index contributed by atoms with van der Waals surface area (Å²) in [4.78, 5) is 15.3. The highest BCUT2D eigenvalue weighted by Crippen LogP contribution is 2.41. The van der Waals surface area contributed by atoms with Crippen LogP contribution in [0.4, 0.5) is 8.78 Å². The van der Waals surface area contributed by atoms with Crippen LogP contribution in [0.3, 0.4) is 0 Å². The summed E-state index contributed by atoms with van der Waals surface area (Å²) in [6, 6.07) is 19.1. The minimum absolute atomic E-state index is 0.0111. The molecule has 0 unspecified atom stereocenters. The molecule has 32 heavy (non-hydrogen) atoms. The average Bonchev–Trinajstić information content (AvgIpc) is 2.82. The van der Waals surface area contributed by atoms with E-state index in [9.17, 15) is 13.6 Å². The van der Waals surface area contributed by atoms with Crippen LogP contribution in [-0.4, -0.2) is 38.2 Å². The number of rotatable bonds is 6. The third kappa shape index (κ3) is 4.23. The van der Waals surface area contributed by atoms with Crippen LogP contribution in [0.15, 0.2) is 66.7 Å². The monoisotopic (exact) mass is 439 g/mol. The van der Waals surface area contributed by atoms with Gasteiger partial charge in [0.25, 0.3) is 5.91 Å². The van der Waals surface area contributed by atoms with Crippen LogP contribution >= 0.6 is 0 Å². The molecule has 0 fully saturated rings. The van der Waals surface area contributed by atoms with Gasteiger partial charge in [0.15, 0.2) is 11.5 Å². The quantitative estimate of drug-likeness (QED) is 0.537. The van der Waals surface area contributed by atoms with Crippen molar-refractivity contribution in [1.82, 2.24) is 4.90 Å². The van der Waals surface area contributed by atoms with Crippen molar-refractivity contribution in [3.05, 3.63) is 89.0 Å². The molecule has 3 aromatic carbocycles. The number of hydrogen-bond acceptors (Lipinski definition) is 4. The predicted molar refractivity (Wildman–Crippen MR) is 116 cm³/mol. The van der Waals surface area contributed by atoms with Gasteiger partial charge in [0, 0.05) is 12.1 Å². The first kappa shape index (κ1) is 21.6. The molecular formula is C25H23F2NO4. The Morgan fingerprint density at radius 3 is 2.25 bits per heavy atom. The van der Waals surface area contributed by atoms with Gasteiger partial charge in [-0.2, -0.15) is 8.78 Å². The Bertz CT molecular complexity index is 1090. The number of methoxy groups -OCH3 is 2. The van der Waals surface area contributed by atoms with Crippen LogP contribution in [0.5, 0.6) is 17.2 Å². The van der Waals surface area contributed by atoms with Crippen LogP contribution < -0.4 is 14.2 Å². The summed E-state index contributed by atoms with van der Waals surface area (Å²) in [7, 11) is 3.18. The standard InChI is InChI=1S/C25H23F2NO4/c1-30-21-14-18-12-13-28(24(29)17-8-10-19(11-9-17)32-25(26)27)23(16-6-4-3-5-7-16)20(18)15-22(21)31-2/h3-11,14-15,23,25H,12-13H2,1-2H3/t23-/m1/s1. The fraction of sp³-hybridized carbons (Fsp3) is 0.240. The summed E-state index contributed by atoms with van der Waals surface area (Å²) in [5.74, 6) is 1.06. The van der Waals surface area contributed by atoms with Gasteiger partial charge in [-0.1, -0.05) is 30.3 Å². The maximum Gasteiger partial charge on any atom is 0.387 e. The van der Waals surface area contributed by atoms with Crippen molar-refractivity contribution in [3.63, 3.8) is 0 Å². The van der Waals surface area contributed by atoms with E-state index in [0.29, 0.717) is 30.0 Å². The smallest absolute Gasteiger partial charge is 0.387 e. The van der Waals surface area contributed by atoms with Gasteiger partial charge in [0.1, 0.15) is 5.75 Å². The molecule has 1 atom stereocenters. The number of nitrogens with zero attached hydrogens (tertiary/aromatic N) is 1. The molecule has 0 saturated heterocycles. The second kappa shape index (κ2) is 9.26. The predicted octanol–water partition coefficient (Wildman–Crippen LogP) is 5.09. The van der Waals surface area contributed by atoms with Gasteiger partial charge >= 0.3 is 6.61 Å². The lowest BCUT2D eigenvalue weighted by atomic mass is 9.87. The Balaban J connectivity index is 1.74. The Hall–Kier alpha value is -3.61. The SMILES string of the molecule is COc1cc2c(cc1OC)[C@@H](c1ccccc1)N(C(=O)c1ccc(OC(F)F)cc1)CC2. The van der Waals surface area contributed by atoms with Gasteiger partial charge in [-0.3, -0.25) is 4.79 Å². The number of benzene rings is 3. The van der Waals surface area contributed by atoms with E-state index in [1.165, 1.54) is 24.3 Å². The van der Waals surface area contributed by atoms with Crippen LogP contribution in [0.1, 0.15) is 33.1 Å². The highest BCUT2D eigenvalue weighted by Gasteiger charge is 2.33. The van der Waals surface area contributed by atoms with Crippen LogP contribution in [-0.2, 0) is 6.42 Å². The van der Waals surface area contributed by atoms with E-state index in [2.05, 4.69) is 4.74 Å². The van der Waals surface area contributed by atoms with Crippen molar-refractivity contribution in [2.24, 2.45) is 0 Å². The molecule has 0 saturated carbocycles. The first-order chi connectivity index (χ1) is 15.5. The molecule has 1 aliphatic heterocycles. The van der Waals surface area contributed by atoms with E-state index in [-0.39, 0.29) is 17.7 Å². The normalized spacial score (nSPS) is 15.3. The second-order valence-corrected chi connectivity index (χ2v) is 7.37. The van der Waals surface area contributed by atoms with E-state index < -0.39 is 6.61 Å². The average molecular weight is 439 g/mol. The zero-order chi connectivity index (χ0) is 22.7. The van der Waals surface area contributed by atoms with Gasteiger partial charge in [-0.25, -0.2) is 0 Å². The lowest BCUT2D eigenvalue weighted by Gasteiger charge is -2.38. The number of carbonyl (C=O) groups excluding carboxylic acids is 1. The fourth-order valence-electron chi connectivity index (χ4n) is 4.10. The first-order valence-corrected chi connectivity index (χ1v) is 10.2. The molecule has 0 radical (unpaired) electrons. The highest BCUT2D eigenvalue weighted by atomic mass is 19.3. The van der Waals surface area contributed by atoms with Gasteiger partial charge in [0.05, 0.1) is 20.3 Å². The van der Waals surface area contributed by atoms with Crippen molar-refractivity contribution in [3.8, 4) is 17.2 Å². The number of hydrogen-bond donors (Lipinski definition) is 0. The summed E-state index contributed by atoms with van der Waals surface area (Å²) < 4.78 is 40.3. The lowest BCUT2D eigenvalue weighted by Crippen LogP contribution is -2.40. The maximum absolute atomic E-state index is 13.5. The van der Waals surface area contributed by atoms with Crippen molar-refractivity contribution >= 4 is 5.91 Å². The van der Waals surface area contributed by atoms with E-state index in [1.807, 2.05) is 42.5 Å². The number of ether oxygens (including phenoxy) is 3. The Kier molecular flexibility index (Phi) is 6.25. The molecule has 4 rings (SSSR count). The zero-order valence-corrected chi connectivity index (χ0v) is 17.8. The fourth-order valence-corrected chi connectivity index (χ4v) is 4.10. The molecule has 5 nitrogen and oxygen atoms in total. The third-order valence-corrected chi connectivity index (χ3v) is 5.58. The Labute approximate surface area is 185 Å². The molecule has 7 heteroatoms. The largest absolute Gasteiger partial charge is 0.493 e. The van der Waals surface area contributed by atoms with Crippen molar-refractivity contribution in [2.45, 2.75) is 19.1 Å². The molecule has 3 aromatic rings. The Morgan fingerprint density at radius 1 is 0.969 bits per heavy atom. The van der Waals surface area contributed by atoms with Crippen molar-refractivity contribution in [2.75, 3.05) is 20.8 Å². The van der Waals surface area contributed by atoms with Gasteiger partial charge in [-0.05, 0) is 59.5 Å². The zero-order valence-electron chi connectivity index (χ0n) is 17.8. The number of fused-ring (bicyclic) bond motifs is 1. The maximum atomic E-state index is 13.5. The molecule has 166 valence electrons. The van der Waals surface area contributed by atoms with Gasteiger partial charge in [-0.15, -0.1) is 0 Å². The summed E-state index contributed by atoms with van der Waals surface area (Å²) in [5.41, 5.74) is 3.41. The van der Waals surface area contributed by atoms with E-state index in [0.717, 1.165) is 16.7 Å². The molecule has 0 spiro atoms. The van der Waals surface area contributed by atoms with Crippen LogP contribution in [0, 0.1) is 0 Å². The summed E-state index contributed by atoms with van der Waals surface area (Å²) in [6.45, 7) is -2.42. The highest BCUT2D eigenvalue weighted by molar-refractivity contribution is 5.95. The summed E-state index contributed by atoms with van der Waals surface area (Å²) in [6.07, 6.45) is 0.650. The minimum Gasteiger partial charge on any atom is -0.493 e. The summed E-state index contributed by atoms with van der Waals surface area (Å²) >= 11 is 0. The van der Waals surface area contributed by atoms with Crippen LogP contribution in [0.2, 0.25) is 0 Å². The molecule has 0 bridgehead atoms. The molecular weight excluding hydrogens is 416 g/mol. The van der Waals surface area contributed by atoms with E-state index in [1.54, 1.807) is 19.1 Å². The lowest BCUT2D eigenvalue weighted by molar-refractivity contribution is -0.0498. The van der Waals surface area contributed by atoms with Gasteiger partial charge in [0.2, 0.25) is 0 Å². The van der Waals surface area contributed by atoms with Crippen molar-refractivity contribution < 1.29 is 27.8 Å². The van der Waals surface area contributed by atoms with E-state index in [4.69, 9.17) is 9.47 Å². The third-order valence-electron chi connectivity index (χ3n) is 5.58. The Morgan fingerprint density at radius 2 is 1.62 bits per heavy atom. The summed E-state index contributed by atoms with van der Waals surface area (Å²) in [5, 5.41) is 0. The molecule has 0 aliphatic carbocycles. The topological polar surface area (TPSA) is 48.0 Å². The first-order valence-electron chi connectivity index (χ1n) is 10.2.